The van der Waals surface area contributed by atoms with E-state index in [1.807, 2.05) is 13.1 Å². The van der Waals surface area contributed by atoms with Gasteiger partial charge in [-0.15, -0.1) is 0 Å². The molecular formula is C12H17ClN2O. The number of rotatable bonds is 3. The molecule has 16 heavy (non-hydrogen) atoms. The molecular weight excluding hydrogens is 224 g/mol. The van der Waals surface area contributed by atoms with Crippen molar-refractivity contribution < 1.29 is 4.79 Å². The molecule has 88 valence electrons. The minimum Gasteiger partial charge on any atom is -0.332 e. The zero-order valence-electron chi connectivity index (χ0n) is 9.79. The van der Waals surface area contributed by atoms with Crippen LogP contribution >= 0.6 is 11.6 Å². The van der Waals surface area contributed by atoms with E-state index in [1.54, 1.807) is 11.5 Å². The molecule has 0 unspecified atom stereocenters. The minimum atomic E-state index is 0.0667. The van der Waals surface area contributed by atoms with E-state index in [1.165, 1.54) is 12.8 Å². The number of halogens is 1. The van der Waals surface area contributed by atoms with Gasteiger partial charge in [0.1, 0.15) is 5.15 Å². The number of likely N-dealkylation sites (tertiary alicyclic amines) is 1. The molecule has 1 aliphatic heterocycles. The largest absolute Gasteiger partial charge is 0.332 e. The van der Waals surface area contributed by atoms with Gasteiger partial charge in [-0.3, -0.25) is 9.69 Å². The van der Waals surface area contributed by atoms with Gasteiger partial charge in [-0.1, -0.05) is 11.6 Å². The lowest BCUT2D eigenvalue weighted by Gasteiger charge is -2.13. The molecule has 2 rings (SSSR count). The number of hydrogen-bond acceptors (Lipinski definition) is 2. The molecule has 0 radical (unpaired) electrons. The Hall–Kier alpha value is -0.800. The second-order valence-electron chi connectivity index (χ2n) is 4.44. The molecule has 0 N–H and O–H groups in total. The van der Waals surface area contributed by atoms with Gasteiger partial charge in [0, 0.05) is 26.1 Å². The van der Waals surface area contributed by atoms with Crippen LogP contribution in [0.5, 0.6) is 0 Å². The highest BCUT2D eigenvalue weighted by atomic mass is 35.5. The van der Waals surface area contributed by atoms with Gasteiger partial charge in [0.05, 0.1) is 5.69 Å². The Labute approximate surface area is 101 Å². The molecule has 1 aromatic heterocycles. The minimum absolute atomic E-state index is 0.0667. The van der Waals surface area contributed by atoms with Crippen molar-refractivity contribution in [3.63, 3.8) is 0 Å². The Kier molecular flexibility index (Phi) is 3.36. The predicted octanol–water partition coefficient (Wildman–Crippen LogP) is 2.48. The monoisotopic (exact) mass is 240 g/mol. The smallest absolute Gasteiger partial charge is 0.176 e. The summed E-state index contributed by atoms with van der Waals surface area (Å²) < 4.78 is 1.77. The third-order valence-corrected chi connectivity index (χ3v) is 3.68. The van der Waals surface area contributed by atoms with Crippen molar-refractivity contribution in [3.8, 4) is 0 Å². The molecule has 0 atom stereocenters. The fourth-order valence-corrected chi connectivity index (χ4v) is 2.48. The number of aromatic nitrogens is 1. The molecule has 4 heteroatoms. The van der Waals surface area contributed by atoms with Crippen LogP contribution in [-0.4, -0.2) is 28.3 Å². The molecule has 0 aromatic carbocycles. The van der Waals surface area contributed by atoms with Crippen molar-refractivity contribution in [1.82, 2.24) is 9.47 Å². The number of carbonyl (C=O) groups excluding carboxylic acids is 1. The zero-order chi connectivity index (χ0) is 11.7. The fraction of sp³-hybridized carbons (Fsp3) is 0.583. The van der Waals surface area contributed by atoms with E-state index in [9.17, 15) is 4.79 Å². The first-order valence-corrected chi connectivity index (χ1v) is 6.05. The van der Waals surface area contributed by atoms with E-state index in [0.717, 1.165) is 25.2 Å². The summed E-state index contributed by atoms with van der Waals surface area (Å²) in [6, 6.07) is 1.92. The quantitative estimate of drug-likeness (QED) is 0.759. The molecule has 2 heterocycles. The molecule has 1 aliphatic rings. The first-order chi connectivity index (χ1) is 7.59. The highest BCUT2D eigenvalue weighted by Gasteiger charge is 2.18. The predicted molar refractivity (Wildman–Crippen MR) is 64.9 cm³/mol. The second-order valence-corrected chi connectivity index (χ2v) is 4.80. The van der Waals surface area contributed by atoms with Gasteiger partial charge in [-0.05, 0) is 32.0 Å². The fourth-order valence-electron chi connectivity index (χ4n) is 2.27. The van der Waals surface area contributed by atoms with E-state index in [0.29, 0.717) is 10.8 Å². The van der Waals surface area contributed by atoms with Crippen molar-refractivity contribution in [3.05, 3.63) is 22.5 Å². The molecule has 1 saturated heterocycles. The van der Waals surface area contributed by atoms with Gasteiger partial charge in [-0.2, -0.15) is 0 Å². The zero-order valence-corrected chi connectivity index (χ0v) is 10.5. The van der Waals surface area contributed by atoms with Gasteiger partial charge >= 0.3 is 0 Å². The third-order valence-electron chi connectivity index (χ3n) is 3.19. The highest BCUT2D eigenvalue weighted by Crippen LogP contribution is 2.23. The second kappa shape index (κ2) is 4.60. The number of carbonyl (C=O) groups is 1. The Balaban J connectivity index is 2.20. The number of ketones is 1. The molecule has 1 fully saturated rings. The normalized spacial score (nSPS) is 16.9. The summed E-state index contributed by atoms with van der Waals surface area (Å²) in [6.07, 6.45) is 2.54. The van der Waals surface area contributed by atoms with Gasteiger partial charge in [0.2, 0.25) is 0 Å². The topological polar surface area (TPSA) is 25.2 Å². The van der Waals surface area contributed by atoms with Crippen molar-refractivity contribution in [2.75, 3.05) is 13.1 Å². The molecule has 0 aliphatic carbocycles. The summed E-state index contributed by atoms with van der Waals surface area (Å²) in [5, 5.41) is 0.692. The van der Waals surface area contributed by atoms with Crippen LogP contribution in [0.2, 0.25) is 5.15 Å². The summed E-state index contributed by atoms with van der Waals surface area (Å²) in [5.41, 5.74) is 1.76. The molecule has 3 nitrogen and oxygen atoms in total. The van der Waals surface area contributed by atoms with Crippen molar-refractivity contribution in [2.45, 2.75) is 26.3 Å². The van der Waals surface area contributed by atoms with Crippen LogP contribution in [0, 0.1) is 0 Å². The lowest BCUT2D eigenvalue weighted by molar-refractivity contribution is 0.101. The van der Waals surface area contributed by atoms with Crippen LogP contribution in [-0.2, 0) is 13.6 Å². The Bertz CT molecular complexity index is 405. The first-order valence-electron chi connectivity index (χ1n) is 5.67. The molecule has 1 aromatic rings. The van der Waals surface area contributed by atoms with Crippen molar-refractivity contribution in [2.24, 2.45) is 7.05 Å². The maximum Gasteiger partial charge on any atom is 0.176 e. The standard InChI is InChI=1S/C12H17ClN2O/c1-9(16)11-7-10(12(13)14(11)2)8-15-5-3-4-6-15/h7H,3-6,8H2,1-2H3. The third kappa shape index (κ3) is 2.15. The van der Waals surface area contributed by atoms with Crippen LogP contribution in [0.15, 0.2) is 6.07 Å². The SMILES string of the molecule is CC(=O)c1cc(CN2CCCC2)c(Cl)n1C. The van der Waals surface area contributed by atoms with Crippen molar-refractivity contribution >= 4 is 17.4 Å². The Morgan fingerprint density at radius 3 is 2.56 bits per heavy atom. The molecule has 0 saturated carbocycles. The lowest BCUT2D eigenvalue weighted by atomic mass is 10.2. The Morgan fingerprint density at radius 2 is 2.06 bits per heavy atom. The average Bonchev–Trinajstić information content (AvgIpc) is 2.82. The average molecular weight is 241 g/mol. The summed E-state index contributed by atoms with van der Waals surface area (Å²) >= 11 is 6.22. The number of hydrogen-bond donors (Lipinski definition) is 0. The van der Waals surface area contributed by atoms with Crippen LogP contribution in [0.3, 0.4) is 0 Å². The van der Waals surface area contributed by atoms with Gasteiger partial charge in [0.15, 0.2) is 5.78 Å². The van der Waals surface area contributed by atoms with E-state index >= 15 is 0 Å². The molecule has 0 bridgehead atoms. The summed E-state index contributed by atoms with van der Waals surface area (Å²) in [6.45, 7) is 4.71. The van der Waals surface area contributed by atoms with E-state index in [-0.39, 0.29) is 5.78 Å². The van der Waals surface area contributed by atoms with E-state index < -0.39 is 0 Å². The van der Waals surface area contributed by atoms with E-state index in [4.69, 9.17) is 11.6 Å². The highest BCUT2D eigenvalue weighted by molar-refractivity contribution is 6.30. The van der Waals surface area contributed by atoms with Crippen LogP contribution < -0.4 is 0 Å². The maximum atomic E-state index is 11.4. The molecule has 0 amide bonds. The van der Waals surface area contributed by atoms with Gasteiger partial charge < -0.3 is 4.57 Å². The van der Waals surface area contributed by atoms with Crippen LogP contribution in [0.4, 0.5) is 0 Å². The summed E-state index contributed by atoms with van der Waals surface area (Å²) in [7, 11) is 1.84. The van der Waals surface area contributed by atoms with Crippen LogP contribution in [0.1, 0.15) is 35.8 Å². The number of nitrogens with zero attached hydrogens (tertiary/aromatic N) is 2. The summed E-state index contributed by atoms with van der Waals surface area (Å²) in [4.78, 5) is 13.8. The lowest BCUT2D eigenvalue weighted by Crippen LogP contribution is -2.18. The maximum absolute atomic E-state index is 11.4. The van der Waals surface area contributed by atoms with Gasteiger partial charge in [-0.25, -0.2) is 0 Å². The summed E-state index contributed by atoms with van der Waals surface area (Å²) in [5.74, 6) is 0.0667. The van der Waals surface area contributed by atoms with Crippen LogP contribution in [0.25, 0.3) is 0 Å². The number of Topliss-reactive ketones (excluding diaryl/α,β-unsaturated/α-hetero) is 1. The molecule has 0 spiro atoms. The van der Waals surface area contributed by atoms with E-state index in [2.05, 4.69) is 4.90 Å². The van der Waals surface area contributed by atoms with Crippen molar-refractivity contribution in [1.29, 1.82) is 0 Å². The first kappa shape index (κ1) is 11.7. The Morgan fingerprint density at radius 1 is 1.44 bits per heavy atom. The van der Waals surface area contributed by atoms with Gasteiger partial charge in [0.25, 0.3) is 0 Å².